The Hall–Kier alpha value is -4.04. The smallest absolute Gasteiger partial charge is 0.0540 e. The van der Waals surface area contributed by atoms with Gasteiger partial charge in [-0.25, -0.2) is 0 Å². The van der Waals surface area contributed by atoms with E-state index in [0.717, 1.165) is 30.6 Å². The Morgan fingerprint density at radius 1 is 0.463 bits per heavy atom. The van der Waals surface area contributed by atoms with Crippen LogP contribution < -0.4 is 9.80 Å². The Balaban J connectivity index is 1.66. The second-order valence-corrected chi connectivity index (χ2v) is 12.0. The zero-order chi connectivity index (χ0) is 29.0. The summed E-state index contributed by atoms with van der Waals surface area (Å²) in [7, 11) is 0. The summed E-state index contributed by atoms with van der Waals surface area (Å²) >= 11 is 0. The highest BCUT2D eigenvalue weighted by Gasteiger charge is 2.28. The van der Waals surface area contributed by atoms with Crippen LogP contribution in [0.15, 0.2) is 121 Å². The molecule has 210 valence electrons. The molecule has 0 saturated heterocycles. The van der Waals surface area contributed by atoms with Gasteiger partial charge in [0.05, 0.1) is 5.69 Å². The van der Waals surface area contributed by atoms with Gasteiger partial charge in [-0.1, -0.05) is 94.4 Å². The number of anilines is 5. The van der Waals surface area contributed by atoms with Crippen molar-refractivity contribution < 1.29 is 0 Å². The van der Waals surface area contributed by atoms with E-state index < -0.39 is 0 Å². The molecular weight excluding hydrogens is 496 g/mol. The van der Waals surface area contributed by atoms with Crippen LogP contribution in [0.2, 0.25) is 0 Å². The van der Waals surface area contributed by atoms with Crippen molar-refractivity contribution in [3.63, 3.8) is 0 Å². The van der Waals surface area contributed by atoms with Crippen LogP contribution in [0.4, 0.5) is 28.4 Å². The van der Waals surface area contributed by atoms with Crippen molar-refractivity contribution in [3.05, 3.63) is 127 Å². The van der Waals surface area contributed by atoms with Gasteiger partial charge in [-0.3, -0.25) is 0 Å². The second kappa shape index (κ2) is 11.8. The van der Waals surface area contributed by atoms with Crippen molar-refractivity contribution in [1.29, 1.82) is 0 Å². The number of fused-ring (bicyclic) bond motifs is 1. The van der Waals surface area contributed by atoms with Crippen molar-refractivity contribution in [2.75, 3.05) is 9.80 Å². The number of hydrogen-bond donors (Lipinski definition) is 0. The summed E-state index contributed by atoms with van der Waals surface area (Å²) in [6, 6.07) is 44.2. The molecule has 0 N–H and O–H groups in total. The molecule has 5 aromatic carbocycles. The van der Waals surface area contributed by atoms with Gasteiger partial charge in [-0.15, -0.1) is 0 Å². The van der Waals surface area contributed by atoms with Crippen LogP contribution in [-0.4, -0.2) is 5.54 Å². The molecule has 0 saturated carbocycles. The van der Waals surface area contributed by atoms with Gasteiger partial charge in [0.2, 0.25) is 0 Å². The molecular formula is C39H44N2. The van der Waals surface area contributed by atoms with Gasteiger partial charge in [0.15, 0.2) is 0 Å². The Labute approximate surface area is 247 Å². The third-order valence-electron chi connectivity index (χ3n) is 9.22. The molecule has 0 aromatic heterocycles. The molecule has 0 heterocycles. The van der Waals surface area contributed by atoms with Crippen molar-refractivity contribution in [2.24, 2.45) is 0 Å². The third-order valence-corrected chi connectivity index (χ3v) is 9.22. The summed E-state index contributed by atoms with van der Waals surface area (Å²) in [5, 5.41) is 2.62. The van der Waals surface area contributed by atoms with E-state index in [1.807, 2.05) is 0 Å². The van der Waals surface area contributed by atoms with E-state index in [2.05, 4.69) is 173 Å². The summed E-state index contributed by atoms with van der Waals surface area (Å²) in [6.45, 7) is 13.9. The predicted molar refractivity (Wildman–Crippen MR) is 180 cm³/mol. The minimum atomic E-state index is -0.0285. The van der Waals surface area contributed by atoms with Gasteiger partial charge < -0.3 is 9.80 Å². The highest BCUT2D eigenvalue weighted by atomic mass is 15.2. The van der Waals surface area contributed by atoms with Crippen LogP contribution in [-0.2, 0) is 5.41 Å². The number of hydrogen-bond acceptors (Lipinski definition) is 2. The molecule has 0 atom stereocenters. The molecule has 2 nitrogen and oxygen atoms in total. The molecule has 0 spiro atoms. The molecule has 0 bridgehead atoms. The molecule has 0 aliphatic carbocycles. The summed E-state index contributed by atoms with van der Waals surface area (Å²) in [5.74, 6) is 0. The first-order valence-corrected chi connectivity index (χ1v) is 15.2. The zero-order valence-corrected chi connectivity index (χ0v) is 25.6. The van der Waals surface area contributed by atoms with Crippen LogP contribution >= 0.6 is 0 Å². The standard InChI is InChI=1S/C39H44N2/c1-7-38(4,5)41(32-20-14-11-15-21-32)33-26-24-31(25-27-33)40(30-18-12-10-13-19-30)37-29-28-36(39(6,8-2)9-3)34-22-16-17-23-35(34)37/h10-29H,7-9H2,1-6H3. The van der Waals surface area contributed by atoms with Crippen LogP contribution in [0.25, 0.3) is 10.8 Å². The van der Waals surface area contributed by atoms with Crippen LogP contribution in [0.1, 0.15) is 66.4 Å². The first-order valence-electron chi connectivity index (χ1n) is 15.2. The molecule has 0 fully saturated rings. The predicted octanol–water partition coefficient (Wildman–Crippen LogP) is 11.7. The van der Waals surface area contributed by atoms with E-state index in [9.17, 15) is 0 Å². The molecule has 0 amide bonds. The maximum Gasteiger partial charge on any atom is 0.0540 e. The number of para-hydroxylation sites is 2. The lowest BCUT2D eigenvalue weighted by Crippen LogP contribution is -2.40. The molecule has 2 heteroatoms. The van der Waals surface area contributed by atoms with E-state index in [4.69, 9.17) is 0 Å². The van der Waals surface area contributed by atoms with Crippen LogP contribution in [0.3, 0.4) is 0 Å². The van der Waals surface area contributed by atoms with Crippen molar-refractivity contribution in [3.8, 4) is 0 Å². The van der Waals surface area contributed by atoms with Gasteiger partial charge in [0, 0.05) is 33.7 Å². The van der Waals surface area contributed by atoms with E-state index in [0.29, 0.717) is 0 Å². The highest BCUT2D eigenvalue weighted by Crippen LogP contribution is 2.44. The fraction of sp³-hybridized carbons (Fsp3) is 0.282. The van der Waals surface area contributed by atoms with Gasteiger partial charge >= 0.3 is 0 Å². The summed E-state index contributed by atoms with van der Waals surface area (Å²) in [4.78, 5) is 4.87. The molecule has 5 aromatic rings. The summed E-state index contributed by atoms with van der Waals surface area (Å²) in [5.41, 5.74) is 7.46. The normalized spacial score (nSPS) is 12.0. The monoisotopic (exact) mass is 540 g/mol. The molecule has 41 heavy (non-hydrogen) atoms. The highest BCUT2D eigenvalue weighted by molar-refractivity contribution is 6.01. The Bertz CT molecular complexity index is 1570. The quantitative estimate of drug-likeness (QED) is 0.174. The van der Waals surface area contributed by atoms with E-state index in [1.54, 1.807) is 0 Å². The van der Waals surface area contributed by atoms with Crippen LogP contribution in [0, 0.1) is 0 Å². The fourth-order valence-electron chi connectivity index (χ4n) is 5.97. The first-order chi connectivity index (χ1) is 19.8. The van der Waals surface area contributed by atoms with Gasteiger partial charge in [-0.05, 0) is 104 Å². The maximum absolute atomic E-state index is 2.46. The lowest BCUT2D eigenvalue weighted by atomic mass is 9.75. The summed E-state index contributed by atoms with van der Waals surface area (Å²) in [6.07, 6.45) is 3.26. The Kier molecular flexibility index (Phi) is 8.22. The summed E-state index contributed by atoms with van der Waals surface area (Å²) < 4.78 is 0. The Morgan fingerprint density at radius 3 is 1.49 bits per heavy atom. The van der Waals surface area contributed by atoms with Gasteiger partial charge in [0.1, 0.15) is 0 Å². The van der Waals surface area contributed by atoms with E-state index >= 15 is 0 Å². The lowest BCUT2D eigenvalue weighted by molar-refractivity contribution is 0.442. The molecule has 0 aliphatic heterocycles. The van der Waals surface area contributed by atoms with E-state index in [1.165, 1.54) is 33.4 Å². The fourth-order valence-corrected chi connectivity index (χ4v) is 5.97. The largest absolute Gasteiger partial charge is 0.336 e. The average Bonchev–Trinajstić information content (AvgIpc) is 3.02. The van der Waals surface area contributed by atoms with Crippen molar-refractivity contribution in [2.45, 2.75) is 71.8 Å². The minimum Gasteiger partial charge on any atom is -0.336 e. The third kappa shape index (κ3) is 5.48. The number of benzene rings is 5. The molecule has 5 rings (SSSR count). The molecule has 0 unspecified atom stereocenters. The molecule has 0 aliphatic rings. The molecule has 0 radical (unpaired) electrons. The topological polar surface area (TPSA) is 6.48 Å². The van der Waals surface area contributed by atoms with Crippen LogP contribution in [0.5, 0.6) is 0 Å². The van der Waals surface area contributed by atoms with Gasteiger partial charge in [0.25, 0.3) is 0 Å². The van der Waals surface area contributed by atoms with Gasteiger partial charge in [-0.2, -0.15) is 0 Å². The van der Waals surface area contributed by atoms with E-state index in [-0.39, 0.29) is 11.0 Å². The minimum absolute atomic E-state index is 0.0285. The number of rotatable bonds is 10. The first kappa shape index (κ1) is 28.5. The zero-order valence-electron chi connectivity index (χ0n) is 25.6. The second-order valence-electron chi connectivity index (χ2n) is 12.0. The van der Waals surface area contributed by atoms with Crippen molar-refractivity contribution >= 4 is 39.2 Å². The average molecular weight is 541 g/mol. The Morgan fingerprint density at radius 2 is 0.927 bits per heavy atom. The number of nitrogens with zero attached hydrogens (tertiary/aromatic N) is 2. The maximum atomic E-state index is 2.46. The SMILES string of the molecule is CCC(C)(CC)c1ccc(N(c2ccccc2)c2ccc(N(c3ccccc3)C(C)(C)CC)cc2)c2ccccc12. The lowest BCUT2D eigenvalue weighted by Gasteiger charge is -2.40. The van der Waals surface area contributed by atoms with Crippen molar-refractivity contribution in [1.82, 2.24) is 0 Å².